The Hall–Kier alpha value is -1.75. The van der Waals surface area contributed by atoms with Gasteiger partial charge in [0, 0.05) is 5.56 Å². The van der Waals surface area contributed by atoms with Gasteiger partial charge in [0.1, 0.15) is 10.8 Å². The summed E-state index contributed by atoms with van der Waals surface area (Å²) in [6, 6.07) is 7.70. The average Bonchev–Trinajstić information content (AvgIpc) is 2.83. The molecule has 2 rings (SSSR count). The molecule has 0 fully saturated rings. The number of thiocarbonyl (C=S) groups is 1. The minimum atomic E-state index is -0.152. The quantitative estimate of drug-likeness (QED) is 0.834. The van der Waals surface area contributed by atoms with E-state index in [1.54, 1.807) is 0 Å². The lowest BCUT2D eigenvalue weighted by Gasteiger charge is -2.09. The highest BCUT2D eigenvalue weighted by atomic mass is 32.1. The molecule has 0 aromatic heterocycles. The Bertz CT molecular complexity index is 522. The zero-order chi connectivity index (χ0) is 13.8. The molecule has 1 heterocycles. The molecule has 1 aliphatic heterocycles. The highest BCUT2D eigenvalue weighted by Gasteiger charge is 2.15. The Morgan fingerprint density at radius 3 is 2.68 bits per heavy atom. The van der Waals surface area contributed by atoms with Crippen LogP contribution in [0.2, 0.25) is 0 Å². The molecule has 0 saturated heterocycles. The number of hydrogen-bond acceptors (Lipinski definition) is 3. The largest absolute Gasteiger partial charge is 0.308 e. The number of rotatable bonds is 3. The SMILES string of the molecule is CCC(C)c1ccc(C(=O)NC2=NNC(=S)C2)cc1. The van der Waals surface area contributed by atoms with Gasteiger partial charge in [-0.2, -0.15) is 5.10 Å². The number of nitrogens with zero attached hydrogens (tertiary/aromatic N) is 1. The summed E-state index contributed by atoms with van der Waals surface area (Å²) in [4.78, 5) is 12.6. The van der Waals surface area contributed by atoms with Crippen LogP contribution in [0.5, 0.6) is 0 Å². The lowest BCUT2D eigenvalue weighted by atomic mass is 9.97. The minimum Gasteiger partial charge on any atom is -0.308 e. The monoisotopic (exact) mass is 275 g/mol. The lowest BCUT2D eigenvalue weighted by molar-refractivity contribution is 0.0976. The van der Waals surface area contributed by atoms with Gasteiger partial charge in [-0.25, -0.2) is 0 Å². The van der Waals surface area contributed by atoms with Crippen molar-refractivity contribution in [3.05, 3.63) is 35.4 Å². The molecule has 1 aromatic carbocycles. The van der Waals surface area contributed by atoms with Crippen LogP contribution in [0.25, 0.3) is 0 Å². The molecule has 1 unspecified atom stereocenters. The third kappa shape index (κ3) is 3.38. The summed E-state index contributed by atoms with van der Waals surface area (Å²) in [6.07, 6.45) is 1.58. The Balaban J connectivity index is 2.02. The van der Waals surface area contributed by atoms with Crippen molar-refractivity contribution in [2.45, 2.75) is 32.6 Å². The van der Waals surface area contributed by atoms with Gasteiger partial charge < -0.3 is 5.32 Å². The van der Waals surface area contributed by atoms with Crippen molar-refractivity contribution in [2.24, 2.45) is 5.10 Å². The molecule has 0 saturated carbocycles. The topological polar surface area (TPSA) is 53.5 Å². The molecule has 4 nitrogen and oxygen atoms in total. The maximum absolute atomic E-state index is 12.0. The maximum atomic E-state index is 12.0. The summed E-state index contributed by atoms with van der Waals surface area (Å²) in [6.45, 7) is 4.33. The van der Waals surface area contributed by atoms with Crippen molar-refractivity contribution in [1.82, 2.24) is 10.7 Å². The first-order chi connectivity index (χ1) is 9.10. The molecule has 0 spiro atoms. The molecule has 0 bridgehead atoms. The van der Waals surface area contributed by atoms with E-state index in [1.165, 1.54) is 5.56 Å². The molecule has 1 atom stereocenters. The van der Waals surface area contributed by atoms with Crippen LogP contribution in [0, 0.1) is 0 Å². The maximum Gasteiger partial charge on any atom is 0.256 e. The Kier molecular flexibility index (Phi) is 4.27. The van der Waals surface area contributed by atoms with Crippen molar-refractivity contribution >= 4 is 28.9 Å². The number of amidine groups is 1. The molecule has 5 heteroatoms. The van der Waals surface area contributed by atoms with Gasteiger partial charge in [0.25, 0.3) is 5.91 Å². The highest BCUT2D eigenvalue weighted by Crippen LogP contribution is 2.18. The smallest absolute Gasteiger partial charge is 0.256 e. The fourth-order valence-electron chi connectivity index (χ4n) is 1.84. The molecule has 100 valence electrons. The second kappa shape index (κ2) is 5.93. The first kappa shape index (κ1) is 13.7. The van der Waals surface area contributed by atoms with Gasteiger partial charge in [-0.05, 0) is 30.0 Å². The average molecular weight is 275 g/mol. The van der Waals surface area contributed by atoms with Crippen molar-refractivity contribution in [1.29, 1.82) is 0 Å². The Morgan fingerprint density at radius 2 is 2.16 bits per heavy atom. The number of nitrogens with one attached hydrogen (secondary N) is 2. The fourth-order valence-corrected chi connectivity index (χ4v) is 2.02. The van der Waals surface area contributed by atoms with Crippen LogP contribution in [0.15, 0.2) is 29.4 Å². The number of amides is 1. The van der Waals surface area contributed by atoms with Crippen LogP contribution in [0.1, 0.15) is 48.5 Å². The summed E-state index contributed by atoms with van der Waals surface area (Å²) < 4.78 is 0. The van der Waals surface area contributed by atoms with E-state index in [4.69, 9.17) is 12.2 Å². The first-order valence-electron chi connectivity index (χ1n) is 6.37. The molecule has 19 heavy (non-hydrogen) atoms. The zero-order valence-electron chi connectivity index (χ0n) is 11.1. The van der Waals surface area contributed by atoms with E-state index < -0.39 is 0 Å². The minimum absolute atomic E-state index is 0.152. The van der Waals surface area contributed by atoms with Crippen molar-refractivity contribution in [2.75, 3.05) is 0 Å². The van der Waals surface area contributed by atoms with Crippen LogP contribution in [-0.4, -0.2) is 16.7 Å². The molecule has 1 aromatic rings. The molecule has 1 amide bonds. The summed E-state index contributed by atoms with van der Waals surface area (Å²) in [7, 11) is 0. The van der Waals surface area contributed by atoms with E-state index in [0.29, 0.717) is 28.7 Å². The van der Waals surface area contributed by atoms with Gasteiger partial charge in [0.15, 0.2) is 0 Å². The summed E-state index contributed by atoms with van der Waals surface area (Å²) in [5.41, 5.74) is 4.54. The molecule has 0 radical (unpaired) electrons. The summed E-state index contributed by atoms with van der Waals surface area (Å²) in [5.74, 6) is 0.930. The fraction of sp³-hybridized carbons (Fsp3) is 0.357. The van der Waals surface area contributed by atoms with Crippen LogP contribution in [0.4, 0.5) is 0 Å². The standard InChI is InChI=1S/C14H17N3OS/c1-3-9(2)10-4-6-11(7-5-10)14(18)15-12-8-13(19)17-16-12/h4-7,9H,3,8H2,1-2H3,(H,17,19)(H,15,16,18). The van der Waals surface area contributed by atoms with E-state index in [2.05, 4.69) is 29.7 Å². The van der Waals surface area contributed by atoms with Crippen LogP contribution in [-0.2, 0) is 0 Å². The van der Waals surface area contributed by atoms with Crippen molar-refractivity contribution < 1.29 is 4.79 Å². The molecule has 2 N–H and O–H groups in total. The summed E-state index contributed by atoms with van der Waals surface area (Å²) in [5, 5.41) is 6.68. The van der Waals surface area contributed by atoms with Crippen LogP contribution < -0.4 is 10.7 Å². The van der Waals surface area contributed by atoms with Crippen LogP contribution in [0.3, 0.4) is 0 Å². The normalized spacial score (nSPS) is 15.7. The summed E-state index contributed by atoms with van der Waals surface area (Å²) >= 11 is 4.95. The highest BCUT2D eigenvalue weighted by molar-refractivity contribution is 7.80. The first-order valence-corrected chi connectivity index (χ1v) is 6.77. The number of hydrazone groups is 1. The number of carbonyl (C=O) groups is 1. The van der Waals surface area contributed by atoms with Gasteiger partial charge in [-0.1, -0.05) is 38.2 Å². The van der Waals surface area contributed by atoms with Gasteiger partial charge >= 0.3 is 0 Å². The van der Waals surface area contributed by atoms with Gasteiger partial charge in [0.2, 0.25) is 0 Å². The molecule has 1 aliphatic rings. The predicted molar refractivity (Wildman–Crippen MR) is 80.4 cm³/mol. The number of carbonyl (C=O) groups excluding carboxylic acids is 1. The third-order valence-electron chi connectivity index (χ3n) is 3.26. The Morgan fingerprint density at radius 1 is 1.47 bits per heavy atom. The lowest BCUT2D eigenvalue weighted by Crippen LogP contribution is -2.29. The van der Waals surface area contributed by atoms with Crippen molar-refractivity contribution in [3.63, 3.8) is 0 Å². The molecule has 0 aliphatic carbocycles. The van der Waals surface area contributed by atoms with E-state index in [1.807, 2.05) is 24.3 Å². The third-order valence-corrected chi connectivity index (χ3v) is 3.49. The van der Waals surface area contributed by atoms with E-state index >= 15 is 0 Å². The second-order valence-corrected chi connectivity index (χ2v) is 5.15. The van der Waals surface area contributed by atoms with E-state index in [0.717, 1.165) is 6.42 Å². The number of benzene rings is 1. The van der Waals surface area contributed by atoms with Gasteiger partial charge in [0.05, 0.1) is 6.42 Å². The zero-order valence-corrected chi connectivity index (χ0v) is 11.9. The predicted octanol–water partition coefficient (Wildman–Crippen LogP) is 2.56. The Labute approximate surface area is 118 Å². The van der Waals surface area contributed by atoms with Crippen LogP contribution >= 0.6 is 12.2 Å². The van der Waals surface area contributed by atoms with Gasteiger partial charge in [-0.3, -0.25) is 10.2 Å². The molecular weight excluding hydrogens is 258 g/mol. The second-order valence-electron chi connectivity index (χ2n) is 4.66. The van der Waals surface area contributed by atoms with E-state index in [-0.39, 0.29) is 5.91 Å². The van der Waals surface area contributed by atoms with Crippen molar-refractivity contribution in [3.8, 4) is 0 Å². The number of hydrogen-bond donors (Lipinski definition) is 2. The molecular formula is C14H17N3OS. The van der Waals surface area contributed by atoms with Gasteiger partial charge in [-0.15, -0.1) is 0 Å². The van der Waals surface area contributed by atoms with E-state index in [9.17, 15) is 4.79 Å².